The summed E-state index contributed by atoms with van der Waals surface area (Å²) in [5.74, 6) is -0.553. The molecule has 16 heavy (non-hydrogen) atoms. The average Bonchev–Trinajstić information content (AvgIpc) is 2.32. The molecule has 0 radical (unpaired) electrons. The average molecular weight is 235 g/mol. The maximum atomic E-state index is 11.0. The van der Waals surface area contributed by atoms with Gasteiger partial charge in [0.2, 0.25) is 5.91 Å². The van der Waals surface area contributed by atoms with Gasteiger partial charge in [0.25, 0.3) is 0 Å². The Morgan fingerprint density at radius 1 is 1.25 bits per heavy atom. The Kier molecular flexibility index (Phi) is 7.24. The van der Waals surface area contributed by atoms with Crippen molar-refractivity contribution in [3.8, 4) is 0 Å². The number of hydrogen-bond donors (Lipinski definition) is 5. The van der Waals surface area contributed by atoms with Crippen molar-refractivity contribution in [1.82, 2.24) is 5.32 Å². The highest BCUT2D eigenvalue weighted by Crippen LogP contribution is 2.09. The van der Waals surface area contributed by atoms with Gasteiger partial charge < -0.3 is 25.7 Å². The van der Waals surface area contributed by atoms with Crippen LogP contribution in [0.3, 0.4) is 0 Å². The fraction of sp³-hybridized carbons (Fsp3) is 0.900. The normalized spacial score (nSPS) is 18.6. The summed E-state index contributed by atoms with van der Waals surface area (Å²) in [5, 5.41) is 39.3. The summed E-state index contributed by atoms with van der Waals surface area (Å²) >= 11 is 0. The Balaban J connectivity index is 4.06. The molecule has 0 aromatic rings. The Bertz CT molecular complexity index is 211. The van der Waals surface area contributed by atoms with Gasteiger partial charge in [0, 0.05) is 18.9 Å². The van der Waals surface area contributed by atoms with Gasteiger partial charge in [-0.05, 0) is 0 Å². The van der Waals surface area contributed by atoms with E-state index in [9.17, 15) is 15.0 Å². The SMILES string of the molecule is CCC(=O)NC[C@H](C)[C@@H](O)[C@H](O)[C@H](O)CO. The number of aliphatic hydroxyl groups is 4. The van der Waals surface area contributed by atoms with Gasteiger partial charge in [-0.15, -0.1) is 0 Å². The molecule has 0 spiro atoms. The van der Waals surface area contributed by atoms with Crippen LogP contribution in [0.25, 0.3) is 0 Å². The van der Waals surface area contributed by atoms with Crippen molar-refractivity contribution in [2.75, 3.05) is 13.2 Å². The predicted molar refractivity (Wildman–Crippen MR) is 57.6 cm³/mol. The standard InChI is InChI=1S/C10H21NO5/c1-3-8(14)11-4-6(2)9(15)10(16)7(13)5-12/h6-7,9-10,12-13,15-16H,3-5H2,1-2H3,(H,11,14)/t6-,7+,9+,10+/m0/s1. The van der Waals surface area contributed by atoms with Crippen molar-refractivity contribution in [2.24, 2.45) is 5.92 Å². The van der Waals surface area contributed by atoms with E-state index in [-0.39, 0.29) is 12.5 Å². The van der Waals surface area contributed by atoms with Gasteiger partial charge >= 0.3 is 0 Å². The van der Waals surface area contributed by atoms with Gasteiger partial charge in [0.1, 0.15) is 12.2 Å². The minimum Gasteiger partial charge on any atom is -0.394 e. The first-order valence-corrected chi connectivity index (χ1v) is 5.35. The maximum absolute atomic E-state index is 11.0. The molecule has 5 N–H and O–H groups in total. The second-order valence-electron chi connectivity index (χ2n) is 3.87. The molecule has 0 aliphatic heterocycles. The Hall–Kier alpha value is -0.690. The van der Waals surface area contributed by atoms with Crippen molar-refractivity contribution in [1.29, 1.82) is 0 Å². The molecule has 0 aromatic heterocycles. The molecule has 0 rings (SSSR count). The number of aliphatic hydroxyl groups excluding tert-OH is 4. The zero-order valence-electron chi connectivity index (χ0n) is 9.63. The largest absolute Gasteiger partial charge is 0.394 e. The van der Waals surface area contributed by atoms with Crippen LogP contribution >= 0.6 is 0 Å². The Morgan fingerprint density at radius 2 is 1.81 bits per heavy atom. The number of rotatable bonds is 7. The summed E-state index contributed by atoms with van der Waals surface area (Å²) in [6.45, 7) is 2.93. The molecule has 6 nitrogen and oxygen atoms in total. The van der Waals surface area contributed by atoms with Crippen molar-refractivity contribution < 1.29 is 25.2 Å². The van der Waals surface area contributed by atoms with Crippen LogP contribution in [-0.4, -0.2) is 57.8 Å². The van der Waals surface area contributed by atoms with Gasteiger partial charge in [-0.2, -0.15) is 0 Å². The van der Waals surface area contributed by atoms with Crippen LogP contribution in [0.15, 0.2) is 0 Å². The van der Waals surface area contributed by atoms with Crippen LogP contribution in [0.1, 0.15) is 20.3 Å². The Morgan fingerprint density at radius 3 is 2.25 bits per heavy atom. The monoisotopic (exact) mass is 235 g/mol. The van der Waals surface area contributed by atoms with E-state index in [2.05, 4.69) is 5.32 Å². The fourth-order valence-electron chi connectivity index (χ4n) is 1.19. The number of hydrogen-bond acceptors (Lipinski definition) is 5. The molecule has 0 saturated carbocycles. The van der Waals surface area contributed by atoms with E-state index in [0.29, 0.717) is 6.42 Å². The Labute approximate surface area is 94.9 Å². The summed E-state index contributed by atoms with van der Waals surface area (Å²) in [6.07, 6.45) is -3.64. The molecule has 0 bridgehead atoms. The lowest BCUT2D eigenvalue weighted by Gasteiger charge is -2.26. The first-order valence-electron chi connectivity index (χ1n) is 5.35. The third-order valence-corrected chi connectivity index (χ3v) is 2.46. The van der Waals surface area contributed by atoms with E-state index in [4.69, 9.17) is 10.2 Å². The van der Waals surface area contributed by atoms with E-state index >= 15 is 0 Å². The molecule has 0 aliphatic rings. The maximum Gasteiger partial charge on any atom is 0.219 e. The van der Waals surface area contributed by atoms with E-state index in [1.54, 1.807) is 13.8 Å². The minimum absolute atomic E-state index is 0.142. The molecule has 96 valence electrons. The molecule has 0 saturated heterocycles. The van der Waals surface area contributed by atoms with Crippen molar-refractivity contribution in [2.45, 2.75) is 38.6 Å². The predicted octanol–water partition coefficient (Wildman–Crippen LogP) is -1.78. The lowest BCUT2D eigenvalue weighted by Crippen LogP contribution is -2.45. The van der Waals surface area contributed by atoms with Crippen molar-refractivity contribution >= 4 is 5.91 Å². The fourth-order valence-corrected chi connectivity index (χ4v) is 1.19. The smallest absolute Gasteiger partial charge is 0.219 e. The van der Waals surface area contributed by atoms with Gasteiger partial charge in [0.05, 0.1) is 12.7 Å². The molecule has 4 atom stereocenters. The van der Waals surface area contributed by atoms with Crippen LogP contribution in [0.2, 0.25) is 0 Å². The van der Waals surface area contributed by atoms with E-state index < -0.39 is 30.8 Å². The molecule has 1 amide bonds. The molecule has 6 heteroatoms. The van der Waals surface area contributed by atoms with E-state index in [0.717, 1.165) is 0 Å². The van der Waals surface area contributed by atoms with Gasteiger partial charge in [-0.1, -0.05) is 13.8 Å². The number of nitrogens with one attached hydrogen (secondary N) is 1. The highest BCUT2D eigenvalue weighted by Gasteiger charge is 2.28. The lowest BCUT2D eigenvalue weighted by molar-refractivity contribution is -0.122. The first-order chi connectivity index (χ1) is 7.43. The van der Waals surface area contributed by atoms with Crippen LogP contribution in [0.5, 0.6) is 0 Å². The van der Waals surface area contributed by atoms with Crippen LogP contribution in [0.4, 0.5) is 0 Å². The number of amides is 1. The van der Waals surface area contributed by atoms with Crippen molar-refractivity contribution in [3.05, 3.63) is 0 Å². The van der Waals surface area contributed by atoms with E-state index in [1.165, 1.54) is 0 Å². The van der Waals surface area contributed by atoms with Crippen LogP contribution < -0.4 is 5.32 Å². The van der Waals surface area contributed by atoms with Gasteiger partial charge in [0.15, 0.2) is 0 Å². The molecule has 0 aliphatic carbocycles. The third-order valence-electron chi connectivity index (χ3n) is 2.46. The molecule has 0 fully saturated rings. The van der Waals surface area contributed by atoms with Crippen LogP contribution in [0, 0.1) is 5.92 Å². The zero-order valence-corrected chi connectivity index (χ0v) is 9.63. The topological polar surface area (TPSA) is 110 Å². The van der Waals surface area contributed by atoms with Gasteiger partial charge in [-0.25, -0.2) is 0 Å². The van der Waals surface area contributed by atoms with Gasteiger partial charge in [-0.3, -0.25) is 4.79 Å². The molecule has 0 aromatic carbocycles. The summed E-state index contributed by atoms with van der Waals surface area (Å²) in [5.41, 5.74) is 0. The lowest BCUT2D eigenvalue weighted by atomic mass is 9.96. The highest BCUT2D eigenvalue weighted by molar-refractivity contribution is 5.75. The first kappa shape index (κ1) is 15.3. The second-order valence-corrected chi connectivity index (χ2v) is 3.87. The summed E-state index contributed by atoms with van der Waals surface area (Å²) in [7, 11) is 0. The second kappa shape index (κ2) is 7.56. The van der Waals surface area contributed by atoms with E-state index in [1.807, 2.05) is 0 Å². The minimum atomic E-state index is -1.42. The number of carbonyl (C=O) groups is 1. The number of carbonyl (C=O) groups excluding carboxylic acids is 1. The summed E-state index contributed by atoms with van der Waals surface area (Å²) in [6, 6.07) is 0. The summed E-state index contributed by atoms with van der Waals surface area (Å²) < 4.78 is 0. The van der Waals surface area contributed by atoms with Crippen molar-refractivity contribution in [3.63, 3.8) is 0 Å². The third kappa shape index (κ3) is 4.89. The molecule has 0 unspecified atom stereocenters. The highest BCUT2D eigenvalue weighted by atomic mass is 16.4. The van der Waals surface area contributed by atoms with Crippen LogP contribution in [-0.2, 0) is 4.79 Å². The summed E-state index contributed by atoms with van der Waals surface area (Å²) in [4.78, 5) is 11.0. The molecular formula is C10H21NO5. The molecular weight excluding hydrogens is 214 g/mol. The zero-order chi connectivity index (χ0) is 12.7. The molecule has 0 heterocycles. The quantitative estimate of drug-likeness (QED) is 0.358.